The number of thiazole rings is 1. The first-order chi connectivity index (χ1) is 11.6. The number of ether oxygens (including phenoxy) is 1. The molecule has 3 rings (SSSR count). The molecule has 122 valence electrons. The number of benzene rings is 1. The summed E-state index contributed by atoms with van der Waals surface area (Å²) in [5.41, 5.74) is 2.63. The maximum absolute atomic E-state index is 12.0. The summed E-state index contributed by atoms with van der Waals surface area (Å²) in [6.45, 7) is 1.79. The number of halogens is 1. The van der Waals surface area contributed by atoms with Crippen LogP contribution in [0.1, 0.15) is 5.56 Å². The highest BCUT2D eigenvalue weighted by Gasteiger charge is 2.09. The van der Waals surface area contributed by atoms with Crippen molar-refractivity contribution in [3.05, 3.63) is 58.7 Å². The van der Waals surface area contributed by atoms with Crippen molar-refractivity contribution in [2.75, 3.05) is 11.9 Å². The summed E-state index contributed by atoms with van der Waals surface area (Å²) in [5, 5.41) is 5.78. The second-order valence-electron chi connectivity index (χ2n) is 5.02. The molecule has 2 aromatic heterocycles. The Balaban J connectivity index is 1.58. The Hall–Kier alpha value is -2.44. The Morgan fingerprint density at radius 3 is 2.83 bits per heavy atom. The van der Waals surface area contributed by atoms with E-state index in [2.05, 4.69) is 15.3 Å². The highest BCUT2D eigenvalue weighted by Crippen LogP contribution is 2.24. The molecule has 0 aliphatic rings. The molecule has 0 spiro atoms. The number of rotatable bonds is 5. The van der Waals surface area contributed by atoms with E-state index in [4.69, 9.17) is 16.3 Å². The molecule has 24 heavy (non-hydrogen) atoms. The van der Waals surface area contributed by atoms with Gasteiger partial charge in [-0.1, -0.05) is 11.6 Å². The fourth-order valence-electron chi connectivity index (χ4n) is 2.06. The molecule has 0 unspecified atom stereocenters. The molecule has 7 heteroatoms. The van der Waals surface area contributed by atoms with Gasteiger partial charge in [-0.25, -0.2) is 4.98 Å². The number of carbonyl (C=O) groups is 1. The average molecular weight is 360 g/mol. The van der Waals surface area contributed by atoms with Crippen LogP contribution in [0.5, 0.6) is 5.75 Å². The van der Waals surface area contributed by atoms with Crippen LogP contribution >= 0.6 is 22.9 Å². The average Bonchev–Trinajstić information content (AvgIpc) is 3.03. The summed E-state index contributed by atoms with van der Waals surface area (Å²) < 4.78 is 5.52. The van der Waals surface area contributed by atoms with Crippen LogP contribution in [0.4, 0.5) is 5.13 Å². The predicted octanol–water partition coefficient (Wildman–Crippen LogP) is 4.18. The molecule has 0 atom stereocenters. The molecular weight excluding hydrogens is 346 g/mol. The zero-order valence-corrected chi connectivity index (χ0v) is 14.4. The van der Waals surface area contributed by atoms with Crippen LogP contribution in [0.2, 0.25) is 5.02 Å². The van der Waals surface area contributed by atoms with Crippen molar-refractivity contribution < 1.29 is 9.53 Å². The number of hydrogen-bond donors (Lipinski definition) is 1. The second-order valence-corrected chi connectivity index (χ2v) is 6.31. The number of aromatic nitrogens is 2. The monoisotopic (exact) mass is 359 g/mol. The Kier molecular flexibility index (Phi) is 5.08. The van der Waals surface area contributed by atoms with Gasteiger partial charge >= 0.3 is 0 Å². The molecule has 0 fully saturated rings. The van der Waals surface area contributed by atoms with Gasteiger partial charge in [0.2, 0.25) is 0 Å². The van der Waals surface area contributed by atoms with E-state index in [0.29, 0.717) is 15.9 Å². The van der Waals surface area contributed by atoms with E-state index >= 15 is 0 Å². The van der Waals surface area contributed by atoms with Gasteiger partial charge in [-0.3, -0.25) is 15.1 Å². The third-order valence-electron chi connectivity index (χ3n) is 3.22. The highest BCUT2D eigenvalue weighted by atomic mass is 35.5. The number of amides is 1. The van der Waals surface area contributed by atoms with Gasteiger partial charge in [0.05, 0.1) is 5.69 Å². The fourth-order valence-corrected chi connectivity index (χ4v) is 3.02. The van der Waals surface area contributed by atoms with E-state index in [1.54, 1.807) is 30.6 Å². The maximum atomic E-state index is 12.0. The zero-order valence-electron chi connectivity index (χ0n) is 12.8. The summed E-state index contributed by atoms with van der Waals surface area (Å²) in [6, 6.07) is 9.00. The number of pyridine rings is 1. The minimum atomic E-state index is -0.264. The standard InChI is InChI=1S/C17H14ClN3O2S/c1-11-8-13(18)2-3-15(11)23-9-16(22)21-17-20-14(10-24-17)12-4-6-19-7-5-12/h2-8,10H,9H2,1H3,(H,20,21,22). The highest BCUT2D eigenvalue weighted by molar-refractivity contribution is 7.14. The summed E-state index contributed by atoms with van der Waals surface area (Å²) in [7, 11) is 0. The van der Waals surface area contributed by atoms with Crippen molar-refractivity contribution in [3.8, 4) is 17.0 Å². The third kappa shape index (κ3) is 4.10. The zero-order chi connectivity index (χ0) is 16.9. The Morgan fingerprint density at radius 2 is 2.08 bits per heavy atom. The van der Waals surface area contributed by atoms with Crippen molar-refractivity contribution in [1.29, 1.82) is 0 Å². The Morgan fingerprint density at radius 1 is 1.29 bits per heavy atom. The van der Waals surface area contributed by atoms with Crippen molar-refractivity contribution in [3.63, 3.8) is 0 Å². The Bertz CT molecular complexity index is 852. The van der Waals surface area contributed by atoms with Gasteiger partial charge in [0, 0.05) is 28.4 Å². The maximum Gasteiger partial charge on any atom is 0.264 e. The van der Waals surface area contributed by atoms with Crippen LogP contribution in [0, 0.1) is 6.92 Å². The van der Waals surface area contributed by atoms with Gasteiger partial charge in [-0.2, -0.15) is 0 Å². The smallest absolute Gasteiger partial charge is 0.264 e. The van der Waals surface area contributed by atoms with Crippen LogP contribution in [0.25, 0.3) is 11.3 Å². The fraction of sp³-hybridized carbons (Fsp3) is 0.118. The van der Waals surface area contributed by atoms with E-state index in [9.17, 15) is 4.79 Å². The van der Waals surface area contributed by atoms with Gasteiger partial charge in [0.1, 0.15) is 5.75 Å². The summed E-state index contributed by atoms with van der Waals surface area (Å²) >= 11 is 7.26. The van der Waals surface area contributed by atoms with Crippen LogP contribution < -0.4 is 10.1 Å². The van der Waals surface area contributed by atoms with Gasteiger partial charge in [-0.15, -0.1) is 11.3 Å². The molecule has 5 nitrogen and oxygen atoms in total. The van der Waals surface area contributed by atoms with E-state index in [0.717, 1.165) is 16.8 Å². The topological polar surface area (TPSA) is 64.1 Å². The van der Waals surface area contributed by atoms with Gasteiger partial charge in [0.25, 0.3) is 5.91 Å². The predicted molar refractivity (Wildman–Crippen MR) is 95.7 cm³/mol. The van der Waals surface area contributed by atoms with E-state index in [1.807, 2.05) is 24.4 Å². The normalized spacial score (nSPS) is 10.4. The number of nitrogens with zero attached hydrogens (tertiary/aromatic N) is 2. The molecule has 0 saturated heterocycles. The van der Waals surface area contributed by atoms with Gasteiger partial charge in [-0.05, 0) is 42.8 Å². The number of hydrogen-bond acceptors (Lipinski definition) is 5. The molecule has 1 aromatic carbocycles. The van der Waals surface area contributed by atoms with Crippen LogP contribution in [-0.2, 0) is 4.79 Å². The lowest BCUT2D eigenvalue weighted by Gasteiger charge is -2.08. The third-order valence-corrected chi connectivity index (χ3v) is 4.22. The number of nitrogens with one attached hydrogen (secondary N) is 1. The first kappa shape index (κ1) is 16.4. The summed E-state index contributed by atoms with van der Waals surface area (Å²) in [4.78, 5) is 20.4. The Labute approximate surface area is 148 Å². The summed E-state index contributed by atoms with van der Waals surface area (Å²) in [5.74, 6) is 0.367. The lowest BCUT2D eigenvalue weighted by Crippen LogP contribution is -2.20. The molecule has 1 amide bonds. The minimum absolute atomic E-state index is 0.0906. The van der Waals surface area contributed by atoms with Crippen molar-refractivity contribution in [1.82, 2.24) is 9.97 Å². The van der Waals surface area contributed by atoms with Gasteiger partial charge < -0.3 is 4.74 Å². The van der Waals surface area contributed by atoms with E-state index < -0.39 is 0 Å². The van der Waals surface area contributed by atoms with E-state index in [1.165, 1.54) is 11.3 Å². The molecule has 2 heterocycles. The molecule has 0 aliphatic carbocycles. The molecule has 0 aliphatic heterocycles. The molecule has 0 radical (unpaired) electrons. The van der Waals surface area contributed by atoms with Crippen molar-refractivity contribution in [2.45, 2.75) is 6.92 Å². The SMILES string of the molecule is Cc1cc(Cl)ccc1OCC(=O)Nc1nc(-c2ccncc2)cs1. The number of aryl methyl sites for hydroxylation is 1. The van der Waals surface area contributed by atoms with Crippen LogP contribution in [0.3, 0.4) is 0 Å². The molecular formula is C17H14ClN3O2S. The number of carbonyl (C=O) groups excluding carboxylic acids is 1. The summed E-state index contributed by atoms with van der Waals surface area (Å²) in [6.07, 6.45) is 3.41. The largest absolute Gasteiger partial charge is 0.483 e. The van der Waals surface area contributed by atoms with Crippen LogP contribution in [-0.4, -0.2) is 22.5 Å². The minimum Gasteiger partial charge on any atom is -0.483 e. The first-order valence-corrected chi connectivity index (χ1v) is 8.42. The van der Waals surface area contributed by atoms with Crippen LogP contribution in [0.15, 0.2) is 48.1 Å². The lowest BCUT2D eigenvalue weighted by molar-refractivity contribution is -0.118. The van der Waals surface area contributed by atoms with E-state index in [-0.39, 0.29) is 12.5 Å². The second kappa shape index (κ2) is 7.42. The quantitative estimate of drug-likeness (QED) is 0.742. The molecule has 0 saturated carbocycles. The lowest BCUT2D eigenvalue weighted by atomic mass is 10.2. The first-order valence-electron chi connectivity index (χ1n) is 7.16. The number of anilines is 1. The molecule has 3 aromatic rings. The molecule has 0 bridgehead atoms. The van der Waals surface area contributed by atoms with Crippen molar-refractivity contribution >= 4 is 34.0 Å². The van der Waals surface area contributed by atoms with Gasteiger partial charge in [0.15, 0.2) is 11.7 Å². The molecule has 1 N–H and O–H groups in total. The van der Waals surface area contributed by atoms with Crippen molar-refractivity contribution in [2.24, 2.45) is 0 Å².